The SMILES string of the molecule is CC(C)c1ccc(C(=O)N2CCC(NS(C)(=O)=O)CC2)c(C(C)C)c1. The zero-order valence-electron chi connectivity index (χ0n) is 15.9. The van der Waals surface area contributed by atoms with Gasteiger partial charge < -0.3 is 4.90 Å². The molecule has 0 spiro atoms. The largest absolute Gasteiger partial charge is 0.339 e. The maximum Gasteiger partial charge on any atom is 0.254 e. The van der Waals surface area contributed by atoms with Crippen LogP contribution in [0, 0.1) is 0 Å². The van der Waals surface area contributed by atoms with E-state index in [0.29, 0.717) is 31.8 Å². The standard InChI is InChI=1S/C19H30N2O3S/c1-13(2)15-6-7-17(18(12-15)14(3)4)19(22)21-10-8-16(9-11-21)20-25(5,23)24/h6-7,12-14,16,20H,8-11H2,1-5H3. The number of nitrogens with one attached hydrogen (secondary N) is 1. The summed E-state index contributed by atoms with van der Waals surface area (Å²) < 4.78 is 25.3. The van der Waals surface area contributed by atoms with Crippen molar-refractivity contribution in [1.82, 2.24) is 9.62 Å². The summed E-state index contributed by atoms with van der Waals surface area (Å²) in [4.78, 5) is 14.8. The lowest BCUT2D eigenvalue weighted by atomic mass is 9.90. The van der Waals surface area contributed by atoms with Crippen LogP contribution in [0.3, 0.4) is 0 Å². The molecule has 1 fully saturated rings. The first-order valence-corrected chi connectivity index (χ1v) is 10.9. The number of carbonyl (C=O) groups excluding carboxylic acids is 1. The summed E-state index contributed by atoms with van der Waals surface area (Å²) in [5.41, 5.74) is 3.11. The average molecular weight is 367 g/mol. The van der Waals surface area contributed by atoms with Gasteiger partial charge in [-0.3, -0.25) is 4.79 Å². The maximum absolute atomic E-state index is 13.0. The van der Waals surface area contributed by atoms with Crippen molar-refractivity contribution in [3.63, 3.8) is 0 Å². The van der Waals surface area contributed by atoms with E-state index in [1.807, 2.05) is 17.0 Å². The first-order chi connectivity index (χ1) is 11.6. The molecule has 1 aromatic rings. The van der Waals surface area contributed by atoms with Crippen LogP contribution in [0.25, 0.3) is 0 Å². The first-order valence-electron chi connectivity index (χ1n) is 8.99. The molecule has 1 heterocycles. The Hall–Kier alpha value is -1.40. The molecule has 0 unspecified atom stereocenters. The van der Waals surface area contributed by atoms with Gasteiger partial charge in [0.15, 0.2) is 0 Å². The number of rotatable bonds is 5. The predicted octanol–water partition coefficient (Wildman–Crippen LogP) is 3.09. The highest BCUT2D eigenvalue weighted by molar-refractivity contribution is 7.88. The van der Waals surface area contributed by atoms with Gasteiger partial charge in [-0.25, -0.2) is 13.1 Å². The van der Waals surface area contributed by atoms with Gasteiger partial charge in [-0.15, -0.1) is 0 Å². The van der Waals surface area contributed by atoms with E-state index >= 15 is 0 Å². The van der Waals surface area contributed by atoms with Gasteiger partial charge in [-0.05, 0) is 41.9 Å². The quantitative estimate of drug-likeness (QED) is 0.871. The average Bonchev–Trinajstić information content (AvgIpc) is 2.52. The summed E-state index contributed by atoms with van der Waals surface area (Å²) in [6.45, 7) is 9.68. The molecule has 25 heavy (non-hydrogen) atoms. The number of sulfonamides is 1. The van der Waals surface area contributed by atoms with Gasteiger partial charge in [-0.1, -0.05) is 39.8 Å². The third-order valence-corrected chi connectivity index (χ3v) is 5.52. The number of hydrogen-bond acceptors (Lipinski definition) is 3. The topological polar surface area (TPSA) is 66.5 Å². The third-order valence-electron chi connectivity index (χ3n) is 4.76. The second-order valence-corrected chi connectivity index (χ2v) is 9.39. The van der Waals surface area contributed by atoms with Crippen LogP contribution in [-0.4, -0.2) is 44.6 Å². The molecule has 0 bridgehead atoms. The molecule has 0 aliphatic carbocycles. The normalized spacial score (nSPS) is 16.7. The van der Waals surface area contributed by atoms with Crippen LogP contribution in [0.5, 0.6) is 0 Å². The van der Waals surface area contributed by atoms with Crippen LogP contribution in [-0.2, 0) is 10.0 Å². The van der Waals surface area contributed by atoms with Gasteiger partial charge in [0.05, 0.1) is 6.26 Å². The lowest BCUT2D eigenvalue weighted by molar-refractivity contribution is 0.0710. The van der Waals surface area contributed by atoms with E-state index in [1.54, 1.807) is 0 Å². The Morgan fingerprint density at radius 2 is 1.72 bits per heavy atom. The van der Waals surface area contributed by atoms with E-state index in [0.717, 1.165) is 11.1 Å². The van der Waals surface area contributed by atoms with Crippen LogP contribution >= 0.6 is 0 Å². The summed E-state index contributed by atoms with van der Waals surface area (Å²) in [6.07, 6.45) is 2.48. The molecule has 0 aromatic heterocycles. The number of likely N-dealkylation sites (tertiary alicyclic amines) is 1. The van der Waals surface area contributed by atoms with E-state index < -0.39 is 10.0 Å². The second-order valence-electron chi connectivity index (χ2n) is 7.61. The summed E-state index contributed by atoms with van der Waals surface area (Å²) in [5, 5.41) is 0. The number of benzene rings is 1. The van der Waals surface area contributed by atoms with Crippen molar-refractivity contribution in [2.75, 3.05) is 19.3 Å². The van der Waals surface area contributed by atoms with E-state index in [2.05, 4.69) is 38.5 Å². The van der Waals surface area contributed by atoms with Crippen molar-refractivity contribution in [3.8, 4) is 0 Å². The molecule has 1 aliphatic heterocycles. The highest BCUT2D eigenvalue weighted by Gasteiger charge is 2.27. The number of carbonyl (C=O) groups is 1. The minimum absolute atomic E-state index is 0.0526. The van der Waals surface area contributed by atoms with Crippen molar-refractivity contribution < 1.29 is 13.2 Å². The molecule has 5 nitrogen and oxygen atoms in total. The fraction of sp³-hybridized carbons (Fsp3) is 0.632. The highest BCUT2D eigenvalue weighted by atomic mass is 32.2. The molecule has 2 rings (SSSR count). The van der Waals surface area contributed by atoms with Gasteiger partial charge in [0.25, 0.3) is 5.91 Å². The lowest BCUT2D eigenvalue weighted by Gasteiger charge is -2.32. The Morgan fingerprint density at radius 1 is 1.12 bits per heavy atom. The van der Waals surface area contributed by atoms with Crippen LogP contribution in [0.15, 0.2) is 18.2 Å². The van der Waals surface area contributed by atoms with Crippen molar-refractivity contribution >= 4 is 15.9 Å². The number of amides is 1. The minimum Gasteiger partial charge on any atom is -0.339 e. The fourth-order valence-corrected chi connectivity index (χ4v) is 4.13. The first kappa shape index (κ1) is 19.9. The summed E-state index contributed by atoms with van der Waals surface area (Å²) in [5.74, 6) is 0.762. The predicted molar refractivity (Wildman–Crippen MR) is 102 cm³/mol. The smallest absolute Gasteiger partial charge is 0.254 e. The Bertz CT molecular complexity index is 718. The van der Waals surface area contributed by atoms with Crippen LogP contribution < -0.4 is 4.72 Å². The molecule has 1 amide bonds. The molecule has 6 heteroatoms. The Morgan fingerprint density at radius 3 is 2.20 bits per heavy atom. The van der Waals surface area contributed by atoms with Crippen molar-refractivity contribution in [1.29, 1.82) is 0 Å². The van der Waals surface area contributed by atoms with Crippen LogP contribution in [0.1, 0.15) is 73.9 Å². The zero-order valence-corrected chi connectivity index (χ0v) is 16.7. The highest BCUT2D eigenvalue weighted by Crippen LogP contribution is 2.26. The van der Waals surface area contributed by atoms with E-state index in [-0.39, 0.29) is 17.9 Å². The molecule has 0 saturated carbocycles. The van der Waals surface area contributed by atoms with E-state index in [9.17, 15) is 13.2 Å². The maximum atomic E-state index is 13.0. The monoisotopic (exact) mass is 366 g/mol. The van der Waals surface area contributed by atoms with Gasteiger partial charge in [0.1, 0.15) is 0 Å². The lowest BCUT2D eigenvalue weighted by Crippen LogP contribution is -2.46. The molecule has 1 aliphatic rings. The Balaban J connectivity index is 2.13. The van der Waals surface area contributed by atoms with Crippen LogP contribution in [0.4, 0.5) is 0 Å². The van der Waals surface area contributed by atoms with Crippen molar-refractivity contribution in [3.05, 3.63) is 34.9 Å². The molecule has 1 aromatic carbocycles. The van der Waals surface area contributed by atoms with Gasteiger partial charge in [0, 0.05) is 24.7 Å². The fourth-order valence-electron chi connectivity index (χ4n) is 3.29. The molecule has 0 radical (unpaired) electrons. The number of piperidine rings is 1. The molecule has 0 atom stereocenters. The second kappa shape index (κ2) is 7.87. The van der Waals surface area contributed by atoms with Gasteiger partial charge in [-0.2, -0.15) is 0 Å². The zero-order chi connectivity index (χ0) is 18.8. The van der Waals surface area contributed by atoms with Crippen LogP contribution in [0.2, 0.25) is 0 Å². The molecular formula is C19H30N2O3S. The Kier molecular flexibility index (Phi) is 6.27. The molecule has 140 valence electrons. The van der Waals surface area contributed by atoms with E-state index in [1.165, 1.54) is 11.8 Å². The summed E-state index contributed by atoms with van der Waals surface area (Å²) in [7, 11) is -3.20. The van der Waals surface area contributed by atoms with Crippen molar-refractivity contribution in [2.24, 2.45) is 0 Å². The third kappa shape index (κ3) is 5.28. The van der Waals surface area contributed by atoms with Gasteiger partial charge in [0.2, 0.25) is 10.0 Å². The molecular weight excluding hydrogens is 336 g/mol. The summed E-state index contributed by atoms with van der Waals surface area (Å²) in [6, 6.07) is 6.07. The molecule has 1 N–H and O–H groups in total. The minimum atomic E-state index is -3.20. The summed E-state index contributed by atoms with van der Waals surface area (Å²) >= 11 is 0. The van der Waals surface area contributed by atoms with E-state index in [4.69, 9.17) is 0 Å². The molecule has 1 saturated heterocycles. The number of hydrogen-bond donors (Lipinski definition) is 1. The van der Waals surface area contributed by atoms with Gasteiger partial charge >= 0.3 is 0 Å². The Labute approximate surface area is 151 Å². The number of nitrogens with zero attached hydrogens (tertiary/aromatic N) is 1. The van der Waals surface area contributed by atoms with Crippen molar-refractivity contribution in [2.45, 2.75) is 58.4 Å².